The largest absolute Gasteiger partial charge is 0.328 e. The molecule has 1 aliphatic rings. The van der Waals surface area contributed by atoms with Gasteiger partial charge in [0.1, 0.15) is 17.7 Å². The third-order valence-electron chi connectivity index (χ3n) is 5.00. The Hall–Kier alpha value is -2.09. The number of Topliss-reactive ketones (excluding diaryl/α,β-unsaturated/α-hetero) is 1. The molecule has 2 atom stereocenters. The number of ketones is 1. The first-order valence-corrected chi connectivity index (χ1v) is 7.92. The predicted molar refractivity (Wildman–Crippen MR) is 88.8 cm³/mol. The molecule has 1 aliphatic carbocycles. The van der Waals surface area contributed by atoms with E-state index in [0.29, 0.717) is 17.8 Å². The van der Waals surface area contributed by atoms with E-state index in [0.717, 1.165) is 0 Å². The van der Waals surface area contributed by atoms with Crippen LogP contribution < -0.4 is 5.32 Å². The van der Waals surface area contributed by atoms with Crippen molar-refractivity contribution in [3.05, 3.63) is 17.8 Å². The third-order valence-corrected chi connectivity index (χ3v) is 5.00. The molecule has 0 aliphatic heterocycles. The number of hydrogen-bond acceptors (Lipinski definition) is 3. The second-order valence-electron chi connectivity index (χ2n) is 8.03. The molecule has 1 fully saturated rings. The van der Waals surface area contributed by atoms with E-state index < -0.39 is 0 Å². The Kier molecular flexibility index (Phi) is 4.14. The Morgan fingerprint density at radius 1 is 1.35 bits per heavy atom. The Balaban J connectivity index is 2.21. The van der Waals surface area contributed by atoms with E-state index in [1.54, 1.807) is 19.2 Å². The highest BCUT2D eigenvalue weighted by Crippen LogP contribution is 2.52. The Morgan fingerprint density at radius 3 is 2.39 bits per heavy atom. The van der Waals surface area contributed by atoms with Crippen LogP contribution in [0.15, 0.2) is 12.3 Å². The van der Waals surface area contributed by atoms with Crippen LogP contribution in [0.25, 0.3) is 0 Å². The van der Waals surface area contributed by atoms with E-state index in [1.807, 2.05) is 39.2 Å². The summed E-state index contributed by atoms with van der Waals surface area (Å²) in [5, 5.41) is 12.1. The van der Waals surface area contributed by atoms with Crippen LogP contribution in [0, 0.1) is 28.6 Å². The second-order valence-corrected chi connectivity index (χ2v) is 8.03. The Morgan fingerprint density at radius 2 is 1.96 bits per heavy atom. The molecule has 1 heterocycles. The van der Waals surface area contributed by atoms with Crippen LogP contribution in [-0.2, 0) is 15.1 Å². The maximum absolute atomic E-state index is 12.6. The van der Waals surface area contributed by atoms with Gasteiger partial charge in [0.05, 0.1) is 5.56 Å². The van der Waals surface area contributed by atoms with Crippen molar-refractivity contribution in [1.82, 2.24) is 4.57 Å². The molecule has 0 unspecified atom stereocenters. The SMILES string of the molecule is CC(=O)[C@@H]1C[C@H](C(=O)Nc2cc(C#N)cn2C(C)(C)C)C1(C)C. The third kappa shape index (κ3) is 3.03. The van der Waals surface area contributed by atoms with Crippen molar-refractivity contribution in [2.24, 2.45) is 17.3 Å². The van der Waals surface area contributed by atoms with Crippen LogP contribution in [-0.4, -0.2) is 16.3 Å². The smallest absolute Gasteiger partial charge is 0.229 e. The van der Waals surface area contributed by atoms with Crippen molar-refractivity contribution in [3.63, 3.8) is 0 Å². The molecule has 0 aromatic carbocycles. The van der Waals surface area contributed by atoms with Crippen molar-refractivity contribution < 1.29 is 9.59 Å². The van der Waals surface area contributed by atoms with Crippen LogP contribution in [0.2, 0.25) is 0 Å². The number of aromatic nitrogens is 1. The zero-order valence-electron chi connectivity index (χ0n) is 14.7. The maximum Gasteiger partial charge on any atom is 0.229 e. The summed E-state index contributed by atoms with van der Waals surface area (Å²) in [5.74, 6) is 0.443. The molecule has 1 N–H and O–H groups in total. The van der Waals surface area contributed by atoms with Crippen molar-refractivity contribution >= 4 is 17.5 Å². The van der Waals surface area contributed by atoms with Gasteiger partial charge in [0, 0.05) is 23.6 Å². The number of nitrogens with zero attached hydrogens (tertiary/aromatic N) is 2. The quantitative estimate of drug-likeness (QED) is 0.930. The molecule has 5 nitrogen and oxygen atoms in total. The van der Waals surface area contributed by atoms with E-state index >= 15 is 0 Å². The van der Waals surface area contributed by atoms with Crippen molar-refractivity contribution in [3.8, 4) is 6.07 Å². The molecule has 0 bridgehead atoms. The molecule has 1 saturated carbocycles. The number of rotatable bonds is 3. The van der Waals surface area contributed by atoms with Gasteiger partial charge in [-0.25, -0.2) is 0 Å². The van der Waals surface area contributed by atoms with Gasteiger partial charge in [0.2, 0.25) is 5.91 Å². The normalized spacial score (nSPS) is 22.8. The Labute approximate surface area is 137 Å². The lowest BCUT2D eigenvalue weighted by molar-refractivity contribution is -0.145. The fourth-order valence-corrected chi connectivity index (χ4v) is 3.45. The molecular formula is C18H25N3O2. The minimum atomic E-state index is -0.326. The molecule has 2 rings (SSSR count). The molecule has 124 valence electrons. The predicted octanol–water partition coefficient (Wildman–Crippen LogP) is 3.30. The summed E-state index contributed by atoms with van der Waals surface area (Å²) in [7, 11) is 0. The van der Waals surface area contributed by atoms with Crippen LogP contribution in [0.4, 0.5) is 5.82 Å². The van der Waals surface area contributed by atoms with E-state index in [2.05, 4.69) is 11.4 Å². The zero-order valence-corrected chi connectivity index (χ0v) is 14.7. The number of amides is 1. The number of nitriles is 1. The van der Waals surface area contributed by atoms with E-state index in [1.165, 1.54) is 0 Å². The molecule has 1 aromatic heterocycles. The summed E-state index contributed by atoms with van der Waals surface area (Å²) in [6.45, 7) is 11.6. The van der Waals surface area contributed by atoms with Gasteiger partial charge in [-0.15, -0.1) is 0 Å². The molecule has 23 heavy (non-hydrogen) atoms. The summed E-state index contributed by atoms with van der Waals surface area (Å²) < 4.78 is 1.90. The highest BCUT2D eigenvalue weighted by Gasteiger charge is 2.53. The number of nitrogens with one attached hydrogen (secondary N) is 1. The summed E-state index contributed by atoms with van der Waals surface area (Å²) in [6, 6.07) is 3.80. The van der Waals surface area contributed by atoms with Gasteiger partial charge in [-0.05, 0) is 45.6 Å². The first kappa shape index (κ1) is 17.3. The fourth-order valence-electron chi connectivity index (χ4n) is 3.45. The van der Waals surface area contributed by atoms with Crippen molar-refractivity contribution in [2.45, 2.75) is 53.5 Å². The number of anilines is 1. The standard InChI is InChI=1S/C18H25N3O2/c1-11(22)13-8-14(18(13,5)6)16(23)20-15-7-12(9-19)10-21(15)17(2,3)4/h7,10,13-14H,8H2,1-6H3,(H,20,23)/t13-,14+/m0/s1. The summed E-state index contributed by atoms with van der Waals surface area (Å²) in [6.07, 6.45) is 2.34. The average Bonchev–Trinajstić information content (AvgIpc) is 2.79. The van der Waals surface area contributed by atoms with E-state index in [-0.39, 0.29) is 34.5 Å². The van der Waals surface area contributed by atoms with Crippen LogP contribution in [0.3, 0.4) is 0 Å². The van der Waals surface area contributed by atoms with Crippen molar-refractivity contribution in [2.75, 3.05) is 5.32 Å². The van der Waals surface area contributed by atoms with Gasteiger partial charge in [-0.2, -0.15) is 5.26 Å². The lowest BCUT2D eigenvalue weighted by Crippen LogP contribution is -2.53. The van der Waals surface area contributed by atoms with Gasteiger partial charge < -0.3 is 9.88 Å². The first-order chi connectivity index (χ1) is 10.5. The van der Waals surface area contributed by atoms with Gasteiger partial charge in [0.25, 0.3) is 0 Å². The van der Waals surface area contributed by atoms with Gasteiger partial charge in [-0.3, -0.25) is 9.59 Å². The molecule has 0 spiro atoms. The number of carbonyl (C=O) groups excluding carboxylic acids is 2. The number of hydrogen-bond donors (Lipinski definition) is 1. The summed E-state index contributed by atoms with van der Waals surface area (Å²) in [4.78, 5) is 24.3. The zero-order chi connectivity index (χ0) is 17.6. The lowest BCUT2D eigenvalue weighted by atomic mass is 9.53. The molecule has 5 heteroatoms. The summed E-state index contributed by atoms with van der Waals surface area (Å²) >= 11 is 0. The molecule has 0 radical (unpaired) electrons. The minimum absolute atomic E-state index is 0.0534. The first-order valence-electron chi connectivity index (χ1n) is 7.92. The fraction of sp³-hybridized carbons (Fsp3) is 0.611. The molecule has 1 aromatic rings. The molecular weight excluding hydrogens is 290 g/mol. The Bertz CT molecular complexity index is 686. The van der Waals surface area contributed by atoms with Gasteiger partial charge in [-0.1, -0.05) is 13.8 Å². The minimum Gasteiger partial charge on any atom is -0.328 e. The topological polar surface area (TPSA) is 74.9 Å². The number of carbonyl (C=O) groups is 2. The van der Waals surface area contributed by atoms with Gasteiger partial charge >= 0.3 is 0 Å². The van der Waals surface area contributed by atoms with Crippen LogP contribution >= 0.6 is 0 Å². The maximum atomic E-state index is 12.6. The summed E-state index contributed by atoms with van der Waals surface area (Å²) in [5.41, 5.74) is -0.0493. The second kappa shape index (κ2) is 5.52. The van der Waals surface area contributed by atoms with Crippen LogP contribution in [0.5, 0.6) is 0 Å². The van der Waals surface area contributed by atoms with Crippen LogP contribution in [0.1, 0.15) is 53.5 Å². The van der Waals surface area contributed by atoms with E-state index in [4.69, 9.17) is 5.26 Å². The lowest BCUT2D eigenvalue weighted by Gasteiger charge is -2.49. The van der Waals surface area contributed by atoms with Crippen molar-refractivity contribution in [1.29, 1.82) is 5.26 Å². The highest BCUT2D eigenvalue weighted by atomic mass is 16.2. The molecule has 0 saturated heterocycles. The highest BCUT2D eigenvalue weighted by molar-refractivity contribution is 5.95. The molecule has 1 amide bonds. The van der Waals surface area contributed by atoms with E-state index in [9.17, 15) is 9.59 Å². The average molecular weight is 315 g/mol. The monoisotopic (exact) mass is 315 g/mol. The van der Waals surface area contributed by atoms with Gasteiger partial charge in [0.15, 0.2) is 0 Å².